The van der Waals surface area contributed by atoms with Crippen LogP contribution in [-0.4, -0.2) is 39.1 Å². The average molecular weight is 293 g/mol. The smallest absolute Gasteiger partial charge is 0.407 e. The predicted octanol–water partition coefficient (Wildman–Crippen LogP) is 1.33. The molecule has 0 unspecified atom stereocenters. The van der Waals surface area contributed by atoms with E-state index in [-0.39, 0.29) is 6.79 Å². The minimum atomic E-state index is -0.937. The molecule has 1 amide bonds. The number of nitrogens with one attached hydrogen (secondary N) is 1. The van der Waals surface area contributed by atoms with Crippen molar-refractivity contribution in [3.8, 4) is 11.5 Å². The molecule has 0 saturated carbocycles. The van der Waals surface area contributed by atoms with Crippen LogP contribution in [-0.2, 0) is 14.3 Å². The number of benzene rings is 1. The summed E-state index contributed by atoms with van der Waals surface area (Å²) in [6, 6.07) is 4.40. The van der Waals surface area contributed by atoms with E-state index in [1.54, 1.807) is 24.3 Å². The van der Waals surface area contributed by atoms with Crippen molar-refractivity contribution in [2.75, 3.05) is 21.0 Å². The maximum Gasteiger partial charge on any atom is 0.407 e. The molecule has 0 radical (unpaired) electrons. The number of amides is 1. The lowest BCUT2D eigenvalue weighted by Crippen LogP contribution is -2.39. The minimum Gasteiger partial charge on any atom is -0.467 e. The predicted molar refractivity (Wildman–Crippen MR) is 72.9 cm³/mol. The number of hydrogen-bond donors (Lipinski definition) is 1. The molecule has 0 saturated heterocycles. The summed E-state index contributed by atoms with van der Waals surface area (Å²) in [5.74, 6) is 0.703. The van der Waals surface area contributed by atoms with Crippen molar-refractivity contribution >= 4 is 18.1 Å². The highest BCUT2D eigenvalue weighted by Gasteiger charge is 2.19. The highest BCUT2D eigenvalue weighted by Crippen LogP contribution is 2.32. The molecule has 1 aromatic rings. The van der Waals surface area contributed by atoms with Crippen LogP contribution >= 0.6 is 0 Å². The van der Waals surface area contributed by atoms with Gasteiger partial charge < -0.3 is 24.3 Å². The quantitative estimate of drug-likeness (QED) is 0.843. The number of carbonyl (C=O) groups excluding carboxylic acids is 2. The van der Waals surface area contributed by atoms with Crippen molar-refractivity contribution in [2.45, 2.75) is 6.04 Å². The molecule has 0 fully saturated rings. The van der Waals surface area contributed by atoms with Gasteiger partial charge in [-0.25, -0.2) is 9.59 Å². The first-order chi connectivity index (χ1) is 10.1. The Morgan fingerprint density at radius 3 is 2.71 bits per heavy atom. The van der Waals surface area contributed by atoms with Crippen LogP contribution in [0.3, 0.4) is 0 Å². The molecular weight excluding hydrogens is 278 g/mol. The molecule has 112 valence electrons. The van der Waals surface area contributed by atoms with Gasteiger partial charge in [0, 0.05) is 0 Å². The fourth-order valence-corrected chi connectivity index (χ4v) is 1.72. The third-order valence-corrected chi connectivity index (χ3v) is 2.79. The lowest BCUT2D eigenvalue weighted by Gasteiger charge is -2.11. The number of fused-ring (bicyclic) bond motifs is 1. The molecule has 1 heterocycles. The topological polar surface area (TPSA) is 83.1 Å². The van der Waals surface area contributed by atoms with E-state index >= 15 is 0 Å². The molecule has 1 aliphatic heterocycles. The molecule has 0 aromatic heterocycles. The third kappa shape index (κ3) is 3.65. The van der Waals surface area contributed by atoms with Gasteiger partial charge in [-0.2, -0.15) is 0 Å². The molecule has 7 heteroatoms. The van der Waals surface area contributed by atoms with Gasteiger partial charge in [0.1, 0.15) is 6.04 Å². The summed E-state index contributed by atoms with van der Waals surface area (Å²) < 4.78 is 19.5. The molecule has 7 nitrogen and oxygen atoms in total. The largest absolute Gasteiger partial charge is 0.467 e. The first-order valence-electron chi connectivity index (χ1n) is 6.14. The van der Waals surface area contributed by atoms with E-state index < -0.39 is 18.1 Å². The average Bonchev–Trinajstić information content (AvgIpc) is 2.97. The second-order valence-electron chi connectivity index (χ2n) is 4.11. The molecule has 1 aromatic carbocycles. The highest BCUT2D eigenvalue weighted by molar-refractivity contribution is 5.84. The van der Waals surface area contributed by atoms with Crippen LogP contribution in [0.4, 0.5) is 4.79 Å². The Kier molecular flexibility index (Phi) is 4.65. The summed E-state index contributed by atoms with van der Waals surface area (Å²) in [7, 11) is 2.45. The van der Waals surface area contributed by atoms with Crippen molar-refractivity contribution in [3.05, 3.63) is 29.8 Å². The second-order valence-corrected chi connectivity index (χ2v) is 4.11. The normalized spacial score (nSPS) is 13.8. The summed E-state index contributed by atoms with van der Waals surface area (Å²) in [6.07, 6.45) is 2.44. The Balaban J connectivity index is 2.11. The van der Waals surface area contributed by atoms with Crippen molar-refractivity contribution in [1.29, 1.82) is 0 Å². The molecular formula is C14H15NO6. The zero-order valence-corrected chi connectivity index (χ0v) is 11.6. The van der Waals surface area contributed by atoms with Crippen LogP contribution in [0.2, 0.25) is 0 Å². The van der Waals surface area contributed by atoms with Crippen molar-refractivity contribution in [2.24, 2.45) is 0 Å². The van der Waals surface area contributed by atoms with Crippen LogP contribution < -0.4 is 14.8 Å². The Hall–Kier alpha value is -2.70. The Morgan fingerprint density at radius 2 is 2.00 bits per heavy atom. The molecule has 2 rings (SSSR count). The maximum absolute atomic E-state index is 11.6. The Labute approximate surface area is 121 Å². The van der Waals surface area contributed by atoms with Gasteiger partial charge in [0.2, 0.25) is 6.79 Å². The van der Waals surface area contributed by atoms with E-state index in [1.807, 2.05) is 0 Å². The lowest BCUT2D eigenvalue weighted by atomic mass is 10.1. The molecule has 0 spiro atoms. The molecule has 1 atom stereocenters. The summed E-state index contributed by atoms with van der Waals surface area (Å²) >= 11 is 0. The lowest BCUT2D eigenvalue weighted by molar-refractivity contribution is -0.141. The van der Waals surface area contributed by atoms with E-state index in [1.165, 1.54) is 20.3 Å². The van der Waals surface area contributed by atoms with Crippen LogP contribution in [0.5, 0.6) is 11.5 Å². The first-order valence-corrected chi connectivity index (χ1v) is 6.14. The van der Waals surface area contributed by atoms with Gasteiger partial charge in [0.15, 0.2) is 11.5 Å². The van der Waals surface area contributed by atoms with Gasteiger partial charge in [-0.3, -0.25) is 0 Å². The number of esters is 1. The van der Waals surface area contributed by atoms with Crippen LogP contribution in [0.15, 0.2) is 24.3 Å². The van der Waals surface area contributed by atoms with Gasteiger partial charge in [-0.15, -0.1) is 0 Å². The molecule has 1 N–H and O–H groups in total. The maximum atomic E-state index is 11.6. The van der Waals surface area contributed by atoms with E-state index in [2.05, 4.69) is 14.8 Å². The van der Waals surface area contributed by atoms with E-state index in [0.29, 0.717) is 11.5 Å². The van der Waals surface area contributed by atoms with Crippen LogP contribution in [0, 0.1) is 0 Å². The Morgan fingerprint density at radius 1 is 1.24 bits per heavy atom. The van der Waals surface area contributed by atoms with E-state index in [4.69, 9.17) is 9.47 Å². The van der Waals surface area contributed by atoms with Crippen molar-refractivity contribution < 1.29 is 28.5 Å². The zero-order chi connectivity index (χ0) is 15.2. The van der Waals surface area contributed by atoms with Gasteiger partial charge in [-0.05, 0) is 17.7 Å². The molecule has 1 aliphatic rings. The van der Waals surface area contributed by atoms with E-state index in [0.717, 1.165) is 5.56 Å². The minimum absolute atomic E-state index is 0.192. The molecule has 21 heavy (non-hydrogen) atoms. The third-order valence-electron chi connectivity index (χ3n) is 2.79. The van der Waals surface area contributed by atoms with Crippen LogP contribution in [0.25, 0.3) is 6.08 Å². The fourth-order valence-electron chi connectivity index (χ4n) is 1.72. The van der Waals surface area contributed by atoms with Gasteiger partial charge in [-0.1, -0.05) is 18.2 Å². The Bertz CT molecular complexity index is 569. The number of ether oxygens (including phenoxy) is 4. The summed E-state index contributed by atoms with van der Waals surface area (Å²) in [5, 5.41) is 2.36. The number of carbonyl (C=O) groups is 2. The molecule has 0 bridgehead atoms. The van der Waals surface area contributed by atoms with Crippen LogP contribution in [0.1, 0.15) is 5.56 Å². The standard InChI is InChI=1S/C14H15NO6/c1-18-13(16)10(15-14(17)19-2)5-3-9-4-6-11-12(7-9)21-8-20-11/h3-7,10H,8H2,1-2H3,(H,15,17)/b5-3+/t10-/m0/s1. The fraction of sp³-hybridized carbons (Fsp3) is 0.286. The SMILES string of the molecule is COC(=O)N[C@@H](/C=C/c1ccc2c(c1)OCO2)C(=O)OC. The van der Waals surface area contributed by atoms with Crippen molar-refractivity contribution in [3.63, 3.8) is 0 Å². The van der Waals surface area contributed by atoms with E-state index in [9.17, 15) is 9.59 Å². The molecule has 0 aliphatic carbocycles. The monoisotopic (exact) mass is 293 g/mol. The summed E-state index contributed by atoms with van der Waals surface area (Å²) in [5.41, 5.74) is 0.791. The number of alkyl carbamates (subject to hydrolysis) is 1. The van der Waals surface area contributed by atoms with Crippen molar-refractivity contribution in [1.82, 2.24) is 5.32 Å². The number of rotatable bonds is 4. The second kappa shape index (κ2) is 6.65. The van der Waals surface area contributed by atoms with Gasteiger partial charge in [0.05, 0.1) is 14.2 Å². The highest BCUT2D eigenvalue weighted by atomic mass is 16.7. The number of methoxy groups -OCH3 is 2. The first kappa shape index (κ1) is 14.7. The summed E-state index contributed by atoms with van der Waals surface area (Å²) in [6.45, 7) is 0.192. The van der Waals surface area contributed by atoms with Gasteiger partial charge >= 0.3 is 12.1 Å². The zero-order valence-electron chi connectivity index (χ0n) is 11.6. The number of hydrogen-bond acceptors (Lipinski definition) is 6. The van der Waals surface area contributed by atoms with Gasteiger partial charge in [0.25, 0.3) is 0 Å². The summed E-state index contributed by atoms with van der Waals surface area (Å²) in [4.78, 5) is 22.8.